The fourth-order valence-corrected chi connectivity index (χ4v) is 2.13. The molecule has 0 aliphatic heterocycles. The van der Waals surface area contributed by atoms with Crippen molar-refractivity contribution in [2.45, 2.75) is 11.6 Å². The molecule has 0 saturated carbocycles. The first-order valence-electron chi connectivity index (χ1n) is 6.33. The van der Waals surface area contributed by atoms with Crippen LogP contribution in [0.2, 0.25) is 0 Å². The normalized spacial score (nSPS) is 9.85. The molecule has 0 saturated heterocycles. The fraction of sp³-hybridized carbons (Fsp3) is 0.267. The van der Waals surface area contributed by atoms with Gasteiger partial charge in [0.25, 0.3) is 0 Å². The van der Waals surface area contributed by atoms with E-state index < -0.39 is 0 Å². The highest BCUT2D eigenvalue weighted by Gasteiger charge is 1.97. The molecule has 1 heterocycles. The number of aliphatic hydroxyl groups is 1. The van der Waals surface area contributed by atoms with Gasteiger partial charge in [0.05, 0.1) is 13.2 Å². The first kappa shape index (κ1) is 14.5. The summed E-state index contributed by atoms with van der Waals surface area (Å²) in [5.41, 5.74) is 0.927. The third-order valence-corrected chi connectivity index (χ3v) is 3.26. The van der Waals surface area contributed by atoms with Crippen molar-refractivity contribution in [3.8, 4) is 17.6 Å². The molecule has 2 rings (SSSR count). The number of aromatic nitrogens is 2. The van der Waals surface area contributed by atoms with Gasteiger partial charge in [-0.05, 0) is 24.3 Å². The lowest BCUT2D eigenvalue weighted by Crippen LogP contribution is -2.00. The number of hydrogen-bond donors (Lipinski definition) is 2. The minimum Gasteiger partial charge on any atom is -0.493 e. The number of hydrogen-bond acceptors (Lipinski definition) is 4. The summed E-state index contributed by atoms with van der Waals surface area (Å²) in [6.07, 6.45) is 4.04. The van der Waals surface area contributed by atoms with E-state index in [1.807, 2.05) is 24.3 Å². The van der Waals surface area contributed by atoms with E-state index in [9.17, 15) is 0 Å². The number of H-pyrrole nitrogens is 1. The highest BCUT2D eigenvalue weighted by atomic mass is 32.2. The minimum atomic E-state index is 0.0987. The van der Waals surface area contributed by atoms with Crippen LogP contribution >= 0.6 is 11.8 Å². The molecule has 0 aliphatic carbocycles. The van der Waals surface area contributed by atoms with Crippen LogP contribution in [0.15, 0.2) is 41.8 Å². The Morgan fingerprint density at radius 3 is 2.85 bits per heavy atom. The monoisotopic (exact) mass is 288 g/mol. The average Bonchev–Trinajstić information content (AvgIpc) is 2.99. The number of imidazole rings is 1. The molecule has 0 atom stereocenters. The van der Waals surface area contributed by atoms with Gasteiger partial charge in [0.15, 0.2) is 5.16 Å². The summed E-state index contributed by atoms with van der Waals surface area (Å²) in [5, 5.41) is 9.55. The van der Waals surface area contributed by atoms with Gasteiger partial charge in [0, 0.05) is 30.1 Å². The molecule has 2 N–H and O–H groups in total. The molecule has 0 aliphatic rings. The van der Waals surface area contributed by atoms with Gasteiger partial charge >= 0.3 is 0 Å². The minimum absolute atomic E-state index is 0.0987. The van der Waals surface area contributed by atoms with Crippen molar-refractivity contribution < 1.29 is 9.84 Å². The molecule has 104 valence electrons. The number of nitrogens with one attached hydrogen (secondary N) is 1. The zero-order valence-corrected chi connectivity index (χ0v) is 11.8. The Morgan fingerprint density at radius 2 is 2.15 bits per heavy atom. The van der Waals surface area contributed by atoms with Crippen molar-refractivity contribution >= 4 is 11.8 Å². The van der Waals surface area contributed by atoms with E-state index in [4.69, 9.17) is 9.84 Å². The van der Waals surface area contributed by atoms with Crippen LogP contribution in [0.5, 0.6) is 5.75 Å². The van der Waals surface area contributed by atoms with Crippen molar-refractivity contribution in [1.82, 2.24) is 9.97 Å². The van der Waals surface area contributed by atoms with Crippen LogP contribution in [-0.2, 0) is 0 Å². The van der Waals surface area contributed by atoms with E-state index in [1.54, 1.807) is 24.2 Å². The molecule has 5 heteroatoms. The first-order valence-corrected chi connectivity index (χ1v) is 7.32. The number of thioether (sulfide) groups is 1. The molecule has 1 aromatic carbocycles. The summed E-state index contributed by atoms with van der Waals surface area (Å²) in [6.45, 7) is 0.725. The Hall–Kier alpha value is -1.90. The van der Waals surface area contributed by atoms with Gasteiger partial charge in [-0.3, -0.25) is 0 Å². The molecule has 2 aromatic rings. The third kappa shape index (κ3) is 5.00. The Kier molecular flexibility index (Phi) is 6.03. The van der Waals surface area contributed by atoms with Gasteiger partial charge in [-0.25, -0.2) is 4.98 Å². The Morgan fingerprint density at radius 1 is 1.30 bits per heavy atom. The van der Waals surface area contributed by atoms with Crippen molar-refractivity contribution in [2.24, 2.45) is 0 Å². The van der Waals surface area contributed by atoms with Crippen molar-refractivity contribution in [2.75, 3.05) is 19.0 Å². The topological polar surface area (TPSA) is 58.1 Å². The van der Waals surface area contributed by atoms with Crippen LogP contribution in [0, 0.1) is 11.8 Å². The average molecular weight is 288 g/mol. The number of aliphatic hydroxyl groups excluding tert-OH is 1. The molecule has 0 bridgehead atoms. The fourth-order valence-electron chi connectivity index (χ4n) is 1.48. The largest absolute Gasteiger partial charge is 0.493 e. The maximum Gasteiger partial charge on any atom is 0.165 e. The third-order valence-electron chi connectivity index (χ3n) is 2.39. The van der Waals surface area contributed by atoms with Gasteiger partial charge in [-0.15, -0.1) is 0 Å². The maximum absolute atomic E-state index is 8.65. The number of nitrogens with zero attached hydrogens (tertiary/aromatic N) is 1. The molecule has 0 unspecified atom stereocenters. The lowest BCUT2D eigenvalue weighted by Gasteiger charge is -2.05. The van der Waals surface area contributed by atoms with Gasteiger partial charge in [-0.1, -0.05) is 23.6 Å². The summed E-state index contributed by atoms with van der Waals surface area (Å²) in [7, 11) is 0. The molecule has 20 heavy (non-hydrogen) atoms. The van der Waals surface area contributed by atoms with Crippen LogP contribution < -0.4 is 4.74 Å². The van der Waals surface area contributed by atoms with E-state index in [2.05, 4.69) is 21.8 Å². The Labute approximate surface area is 122 Å². The molecule has 0 spiro atoms. The predicted molar refractivity (Wildman–Crippen MR) is 79.8 cm³/mol. The van der Waals surface area contributed by atoms with E-state index in [-0.39, 0.29) is 6.61 Å². The highest BCUT2D eigenvalue weighted by Crippen LogP contribution is 2.14. The molecule has 4 nitrogen and oxygen atoms in total. The zero-order chi connectivity index (χ0) is 14.0. The van der Waals surface area contributed by atoms with Crippen molar-refractivity contribution in [1.29, 1.82) is 0 Å². The molecular formula is C15H16N2O2S. The van der Waals surface area contributed by atoms with Crippen LogP contribution in [0.1, 0.15) is 12.0 Å². The SMILES string of the molecule is OCCC#Cc1ccc(OCCSc2ncc[nH]2)cc1. The quantitative estimate of drug-likeness (QED) is 0.486. The van der Waals surface area contributed by atoms with Crippen molar-refractivity contribution in [3.05, 3.63) is 42.2 Å². The van der Waals surface area contributed by atoms with Gasteiger partial charge < -0.3 is 14.8 Å². The first-order chi connectivity index (χ1) is 9.88. The van der Waals surface area contributed by atoms with Gasteiger partial charge in [0.1, 0.15) is 5.75 Å². The maximum atomic E-state index is 8.65. The summed E-state index contributed by atoms with van der Waals surface area (Å²) in [4.78, 5) is 7.16. The molecule has 0 amide bonds. The van der Waals surface area contributed by atoms with Gasteiger partial charge in [0.2, 0.25) is 0 Å². The number of aromatic amines is 1. The van der Waals surface area contributed by atoms with E-state index in [1.165, 1.54) is 0 Å². The van der Waals surface area contributed by atoms with Crippen LogP contribution in [-0.4, -0.2) is 34.0 Å². The van der Waals surface area contributed by atoms with Crippen LogP contribution in [0.25, 0.3) is 0 Å². The second-order valence-electron chi connectivity index (χ2n) is 3.89. The molecular weight excluding hydrogens is 272 g/mol. The predicted octanol–water partition coefficient (Wildman–Crippen LogP) is 2.31. The zero-order valence-electron chi connectivity index (χ0n) is 11.0. The standard InChI is InChI=1S/C15H16N2O2S/c18-10-2-1-3-13-4-6-14(7-5-13)19-11-12-20-15-16-8-9-17-15/h4-9,18H,2,10-12H2,(H,16,17). The van der Waals surface area contributed by atoms with Crippen LogP contribution in [0.4, 0.5) is 0 Å². The summed E-state index contributed by atoms with van der Waals surface area (Å²) in [5.74, 6) is 7.53. The number of benzene rings is 1. The molecule has 0 radical (unpaired) electrons. The van der Waals surface area contributed by atoms with Crippen LogP contribution in [0.3, 0.4) is 0 Å². The molecule has 0 fully saturated rings. The highest BCUT2D eigenvalue weighted by molar-refractivity contribution is 7.99. The number of ether oxygens (including phenoxy) is 1. The summed E-state index contributed by atoms with van der Waals surface area (Å²) < 4.78 is 5.63. The lowest BCUT2D eigenvalue weighted by molar-refractivity contribution is 0.305. The second-order valence-corrected chi connectivity index (χ2v) is 4.97. The van der Waals surface area contributed by atoms with E-state index >= 15 is 0 Å². The van der Waals surface area contributed by atoms with E-state index in [0.717, 1.165) is 22.2 Å². The summed E-state index contributed by atoms with van der Waals surface area (Å²) >= 11 is 1.63. The van der Waals surface area contributed by atoms with E-state index in [0.29, 0.717) is 13.0 Å². The smallest absolute Gasteiger partial charge is 0.165 e. The molecule has 1 aromatic heterocycles. The van der Waals surface area contributed by atoms with Crippen molar-refractivity contribution in [3.63, 3.8) is 0 Å². The second kappa shape index (κ2) is 8.31. The Bertz CT molecular complexity index is 556. The summed E-state index contributed by atoms with van der Waals surface area (Å²) in [6, 6.07) is 7.64. The lowest BCUT2D eigenvalue weighted by atomic mass is 10.2. The number of rotatable bonds is 6. The Balaban J connectivity index is 1.72. The van der Waals surface area contributed by atoms with Gasteiger partial charge in [-0.2, -0.15) is 0 Å².